The van der Waals surface area contributed by atoms with E-state index in [4.69, 9.17) is 0 Å². The molecule has 11 nitrogen and oxygen atoms in total. The number of hydrogen-bond acceptors (Lipinski definition) is 8. The summed E-state index contributed by atoms with van der Waals surface area (Å²) in [5.41, 5.74) is 3.21. The average molecular weight is 521 g/mol. The molecule has 192 valence electrons. The topological polar surface area (TPSA) is 132 Å². The summed E-state index contributed by atoms with van der Waals surface area (Å²) in [5, 5.41) is 19.5. The fourth-order valence-corrected chi connectivity index (χ4v) is 6.20. The number of nitrogens with zero attached hydrogens (tertiary/aromatic N) is 6. The third-order valence-electron chi connectivity index (χ3n) is 7.86. The van der Waals surface area contributed by atoms with Gasteiger partial charge in [0.15, 0.2) is 0 Å². The third kappa shape index (κ3) is 3.13. The normalized spacial score (nSPS) is 23.2. The number of nitro groups is 1. The van der Waals surface area contributed by atoms with E-state index in [1.54, 1.807) is 31.2 Å². The van der Waals surface area contributed by atoms with Crippen molar-refractivity contribution in [2.45, 2.75) is 19.0 Å². The Morgan fingerprint density at radius 1 is 0.949 bits per heavy atom. The van der Waals surface area contributed by atoms with Crippen molar-refractivity contribution < 1.29 is 19.3 Å². The maximum Gasteiger partial charge on any atom is 0.272 e. The molecule has 3 aliphatic rings. The highest BCUT2D eigenvalue weighted by Crippen LogP contribution is 2.50. The van der Waals surface area contributed by atoms with Gasteiger partial charge in [-0.3, -0.25) is 24.5 Å². The van der Waals surface area contributed by atoms with Gasteiger partial charge >= 0.3 is 0 Å². The maximum atomic E-state index is 14.2. The number of carbonyl (C=O) groups is 3. The van der Waals surface area contributed by atoms with E-state index in [0.29, 0.717) is 16.6 Å². The molecule has 0 radical (unpaired) electrons. The van der Waals surface area contributed by atoms with Crippen molar-refractivity contribution in [3.8, 4) is 0 Å². The molecule has 1 aromatic heterocycles. The second kappa shape index (κ2) is 8.15. The quantitative estimate of drug-likeness (QED) is 0.228. The Balaban J connectivity index is 1.38. The number of non-ortho nitro benzene ring substituents is 1. The summed E-state index contributed by atoms with van der Waals surface area (Å²) in [6.07, 6.45) is 3.77. The molecule has 39 heavy (non-hydrogen) atoms. The van der Waals surface area contributed by atoms with Crippen LogP contribution in [-0.4, -0.2) is 49.7 Å². The number of rotatable bonds is 3. The zero-order valence-corrected chi connectivity index (χ0v) is 20.5. The molecular weight excluding hydrogens is 500 g/mol. The van der Waals surface area contributed by atoms with Gasteiger partial charge in [-0.05, 0) is 42.3 Å². The first kappa shape index (κ1) is 23.0. The lowest BCUT2D eigenvalue weighted by molar-refractivity contribution is -0.384. The number of hydrogen-bond donors (Lipinski definition) is 0. The molecule has 0 aliphatic carbocycles. The van der Waals surface area contributed by atoms with Crippen LogP contribution in [0.3, 0.4) is 0 Å². The van der Waals surface area contributed by atoms with E-state index < -0.39 is 46.6 Å². The Morgan fingerprint density at radius 3 is 2.49 bits per heavy atom. The fourth-order valence-electron chi connectivity index (χ4n) is 6.20. The molecule has 0 unspecified atom stereocenters. The number of benzene rings is 3. The van der Waals surface area contributed by atoms with Crippen LogP contribution >= 0.6 is 0 Å². The molecule has 0 spiro atoms. The largest absolute Gasteiger partial charge is 0.351 e. The molecule has 2 amide bonds. The van der Waals surface area contributed by atoms with Crippen LogP contribution in [0, 0.1) is 28.9 Å². The van der Waals surface area contributed by atoms with Crippen molar-refractivity contribution in [1.29, 1.82) is 0 Å². The molecule has 4 atom stereocenters. The van der Waals surface area contributed by atoms with Gasteiger partial charge in [0.1, 0.15) is 11.6 Å². The molecule has 11 heteroatoms. The van der Waals surface area contributed by atoms with Crippen molar-refractivity contribution in [2.75, 3.05) is 9.80 Å². The zero-order valence-electron chi connectivity index (χ0n) is 20.5. The van der Waals surface area contributed by atoms with Gasteiger partial charge < -0.3 is 4.90 Å². The second-order valence-corrected chi connectivity index (χ2v) is 9.88. The van der Waals surface area contributed by atoms with Gasteiger partial charge in [0, 0.05) is 17.8 Å². The predicted molar refractivity (Wildman–Crippen MR) is 141 cm³/mol. The number of aryl methyl sites for hydroxylation is 1. The molecule has 4 heterocycles. The van der Waals surface area contributed by atoms with Crippen LogP contribution in [0.25, 0.3) is 17.1 Å². The van der Waals surface area contributed by atoms with Crippen molar-refractivity contribution >= 4 is 51.9 Å². The second-order valence-electron chi connectivity index (χ2n) is 9.88. The highest BCUT2D eigenvalue weighted by Gasteiger charge is 2.65. The van der Waals surface area contributed by atoms with E-state index in [1.807, 2.05) is 41.3 Å². The van der Waals surface area contributed by atoms with Gasteiger partial charge in [0.2, 0.25) is 11.8 Å². The number of nitro benzene ring substituents is 1. The standard InChI is InChI=1S/C28H20N6O5/c1-15-14-17(34(38)39)11-13-19(15)32-26(35)23-22-12-10-16-6-2-4-8-20(16)31(22)25(24(23)27(32)36)28(37)33-21-9-5-3-7-18(21)29-30-33/h2-14,22-25H,1H3/t22-,23+,24-,25+/m1/s1. The molecule has 0 N–H and O–H groups in total. The Bertz CT molecular complexity index is 1780. The Kier molecular flexibility index (Phi) is 4.80. The first-order valence-electron chi connectivity index (χ1n) is 12.4. The van der Waals surface area contributed by atoms with Gasteiger partial charge in [0.25, 0.3) is 11.6 Å². The van der Waals surface area contributed by atoms with Crippen molar-refractivity contribution in [3.05, 3.63) is 94.0 Å². The zero-order chi connectivity index (χ0) is 27.0. The van der Waals surface area contributed by atoms with Crippen molar-refractivity contribution in [3.63, 3.8) is 0 Å². The first-order chi connectivity index (χ1) is 18.9. The lowest BCUT2D eigenvalue weighted by atomic mass is 9.88. The Labute approximate surface area is 221 Å². The van der Waals surface area contributed by atoms with E-state index in [9.17, 15) is 24.5 Å². The lowest BCUT2D eigenvalue weighted by Gasteiger charge is -2.36. The highest BCUT2D eigenvalue weighted by atomic mass is 16.6. The molecule has 0 saturated carbocycles. The van der Waals surface area contributed by atoms with Gasteiger partial charge in [-0.2, -0.15) is 4.68 Å². The fraction of sp³-hybridized carbons (Fsp3) is 0.179. The van der Waals surface area contributed by atoms with Gasteiger partial charge in [0.05, 0.1) is 34.0 Å². The van der Waals surface area contributed by atoms with Crippen LogP contribution in [-0.2, 0) is 9.59 Å². The molecule has 7 rings (SSSR count). The predicted octanol–water partition coefficient (Wildman–Crippen LogP) is 3.38. The summed E-state index contributed by atoms with van der Waals surface area (Å²) in [5.74, 6) is -3.26. The van der Waals surface area contributed by atoms with Crippen LogP contribution in [0.1, 0.15) is 15.9 Å². The summed E-state index contributed by atoms with van der Waals surface area (Å²) in [6.45, 7) is 1.62. The van der Waals surface area contributed by atoms with E-state index in [-0.39, 0.29) is 11.4 Å². The molecule has 2 saturated heterocycles. The summed E-state index contributed by atoms with van der Waals surface area (Å²) in [7, 11) is 0. The Morgan fingerprint density at radius 2 is 1.69 bits per heavy atom. The number of carbonyl (C=O) groups excluding carboxylic acids is 3. The highest BCUT2D eigenvalue weighted by molar-refractivity contribution is 6.25. The lowest BCUT2D eigenvalue weighted by Crippen LogP contribution is -2.50. The summed E-state index contributed by atoms with van der Waals surface area (Å²) in [4.78, 5) is 56.0. The van der Waals surface area contributed by atoms with Crippen LogP contribution in [0.2, 0.25) is 0 Å². The summed E-state index contributed by atoms with van der Waals surface area (Å²) >= 11 is 0. The number of fused-ring (bicyclic) bond motifs is 6. The van der Waals surface area contributed by atoms with Gasteiger partial charge in [-0.1, -0.05) is 47.7 Å². The SMILES string of the molecule is Cc1cc([N+](=O)[O-])ccc1N1C(=O)[C@@H]2[C@@H](C1=O)[C@@H](C(=O)n1nnc3ccccc31)N1c3ccccc3C=C[C@H]21. The van der Waals surface area contributed by atoms with E-state index in [0.717, 1.165) is 16.2 Å². The first-order valence-corrected chi connectivity index (χ1v) is 12.4. The monoisotopic (exact) mass is 520 g/mol. The van der Waals surface area contributed by atoms with Crippen LogP contribution in [0.4, 0.5) is 17.1 Å². The number of anilines is 2. The number of amides is 2. The van der Waals surface area contributed by atoms with Crippen LogP contribution in [0.15, 0.2) is 72.8 Å². The van der Waals surface area contributed by atoms with E-state index in [2.05, 4.69) is 10.3 Å². The number of aromatic nitrogens is 3. The average Bonchev–Trinajstić information content (AvgIpc) is 3.60. The number of para-hydroxylation sites is 2. The minimum Gasteiger partial charge on any atom is -0.351 e. The maximum absolute atomic E-state index is 14.2. The van der Waals surface area contributed by atoms with Crippen molar-refractivity contribution in [2.24, 2.45) is 11.8 Å². The minimum atomic E-state index is -1.03. The van der Waals surface area contributed by atoms with E-state index in [1.165, 1.54) is 22.9 Å². The van der Waals surface area contributed by atoms with Gasteiger partial charge in [-0.15, -0.1) is 5.10 Å². The van der Waals surface area contributed by atoms with Crippen molar-refractivity contribution in [1.82, 2.24) is 15.0 Å². The van der Waals surface area contributed by atoms with Crippen LogP contribution in [0.5, 0.6) is 0 Å². The summed E-state index contributed by atoms with van der Waals surface area (Å²) < 4.78 is 1.21. The number of imide groups is 1. The molecular formula is C28H20N6O5. The molecule has 2 fully saturated rings. The summed E-state index contributed by atoms with van der Waals surface area (Å²) in [6, 6.07) is 17.0. The van der Waals surface area contributed by atoms with Crippen LogP contribution < -0.4 is 9.80 Å². The minimum absolute atomic E-state index is 0.139. The third-order valence-corrected chi connectivity index (χ3v) is 7.86. The Hall–Kier alpha value is -5.19. The van der Waals surface area contributed by atoms with Gasteiger partial charge in [-0.25, -0.2) is 4.90 Å². The smallest absolute Gasteiger partial charge is 0.272 e. The molecule has 4 aromatic rings. The molecule has 0 bridgehead atoms. The van der Waals surface area contributed by atoms with E-state index >= 15 is 0 Å². The molecule has 3 aromatic carbocycles. The molecule has 3 aliphatic heterocycles.